The molecule has 0 radical (unpaired) electrons. The molecule has 1 amide bonds. The molecular weight excluding hydrogens is 268 g/mol. The maximum absolute atomic E-state index is 12.6. The molecule has 0 unspecified atom stereocenters. The van der Waals surface area contributed by atoms with Crippen LogP contribution < -0.4 is 5.32 Å². The Kier molecular flexibility index (Phi) is 3.45. The van der Waals surface area contributed by atoms with E-state index in [9.17, 15) is 9.59 Å². The second-order valence-corrected chi connectivity index (χ2v) is 5.87. The molecule has 0 bridgehead atoms. The highest BCUT2D eigenvalue weighted by Gasteiger charge is 2.61. The monoisotopic (exact) mass is 288 g/mol. The number of nitrogens with zero attached hydrogens (tertiary/aromatic N) is 1. The molecular formula is C16H20N2O3. The number of carbonyl (C=O) groups excluding carboxylic acids is 2. The third-order valence-corrected chi connectivity index (χ3v) is 4.68. The summed E-state index contributed by atoms with van der Waals surface area (Å²) in [6.45, 7) is 0. The summed E-state index contributed by atoms with van der Waals surface area (Å²) < 4.78 is 4.91. The Balaban J connectivity index is 1.82. The van der Waals surface area contributed by atoms with E-state index in [1.54, 1.807) is 11.9 Å². The number of nitrogens with one attached hydrogen (secondary N) is 1. The number of likely N-dealkylation sites (N-methyl/N-ethyl adjacent to an activating group) is 1. The van der Waals surface area contributed by atoms with Gasteiger partial charge in [0.05, 0.1) is 18.7 Å². The zero-order valence-corrected chi connectivity index (χ0v) is 12.3. The Hall–Kier alpha value is -1.88. The summed E-state index contributed by atoms with van der Waals surface area (Å²) in [5, 5.41) is 3.22. The van der Waals surface area contributed by atoms with Gasteiger partial charge in [0.15, 0.2) is 0 Å². The number of carbonyl (C=O) groups is 2. The lowest BCUT2D eigenvalue weighted by Gasteiger charge is -2.42. The van der Waals surface area contributed by atoms with Crippen molar-refractivity contribution < 1.29 is 14.3 Å². The van der Waals surface area contributed by atoms with Crippen LogP contribution in [0.5, 0.6) is 0 Å². The van der Waals surface area contributed by atoms with Crippen molar-refractivity contribution in [3.8, 4) is 0 Å². The highest BCUT2D eigenvalue weighted by atomic mass is 16.5. The Labute approximate surface area is 124 Å². The highest BCUT2D eigenvalue weighted by Crippen LogP contribution is 2.46. The van der Waals surface area contributed by atoms with Gasteiger partial charge in [0.1, 0.15) is 6.04 Å². The largest absolute Gasteiger partial charge is 0.468 e. The van der Waals surface area contributed by atoms with E-state index in [2.05, 4.69) is 5.32 Å². The molecule has 3 rings (SSSR count). The minimum absolute atomic E-state index is 0.0523. The first kappa shape index (κ1) is 14.1. The molecule has 2 fully saturated rings. The summed E-state index contributed by atoms with van der Waals surface area (Å²) in [6, 6.07) is 9.01. The molecule has 112 valence electrons. The van der Waals surface area contributed by atoms with Crippen molar-refractivity contribution in [1.82, 2.24) is 10.2 Å². The first-order chi connectivity index (χ1) is 10.1. The second kappa shape index (κ2) is 5.15. The number of methoxy groups -OCH3 is 1. The molecule has 1 heterocycles. The first-order valence-electron chi connectivity index (χ1n) is 7.24. The Morgan fingerprint density at radius 1 is 1.38 bits per heavy atom. The van der Waals surface area contributed by atoms with Gasteiger partial charge in [-0.15, -0.1) is 0 Å². The van der Waals surface area contributed by atoms with Crippen LogP contribution in [0.15, 0.2) is 30.3 Å². The Morgan fingerprint density at radius 2 is 2.05 bits per heavy atom. The lowest BCUT2D eigenvalue weighted by molar-refractivity contribution is -0.153. The minimum atomic E-state index is -0.432. The van der Waals surface area contributed by atoms with Crippen LogP contribution in [0.3, 0.4) is 0 Å². The fraction of sp³-hybridized carbons (Fsp3) is 0.500. The molecule has 1 aliphatic carbocycles. The zero-order valence-electron chi connectivity index (χ0n) is 12.3. The number of piperazine rings is 1. The van der Waals surface area contributed by atoms with Gasteiger partial charge in [-0.25, -0.2) is 0 Å². The van der Waals surface area contributed by atoms with E-state index in [0.717, 1.165) is 18.4 Å². The Bertz CT molecular complexity index is 554. The average molecular weight is 288 g/mol. The van der Waals surface area contributed by atoms with E-state index < -0.39 is 6.04 Å². The first-order valence-corrected chi connectivity index (χ1v) is 7.24. The molecule has 5 heteroatoms. The van der Waals surface area contributed by atoms with Gasteiger partial charge in [-0.2, -0.15) is 0 Å². The van der Waals surface area contributed by atoms with E-state index in [1.165, 1.54) is 7.11 Å². The number of ether oxygens (including phenoxy) is 1. The van der Waals surface area contributed by atoms with Gasteiger partial charge in [0, 0.05) is 7.05 Å². The molecule has 2 aliphatic rings. The molecule has 1 aliphatic heterocycles. The summed E-state index contributed by atoms with van der Waals surface area (Å²) >= 11 is 0. The molecule has 1 saturated heterocycles. The molecule has 0 aromatic heterocycles. The van der Waals surface area contributed by atoms with Gasteiger partial charge >= 0.3 is 5.97 Å². The molecule has 1 saturated carbocycles. The third-order valence-electron chi connectivity index (χ3n) is 4.68. The number of hydrogen-bond acceptors (Lipinski definition) is 4. The zero-order chi connectivity index (χ0) is 15.0. The number of esters is 1. The van der Waals surface area contributed by atoms with E-state index >= 15 is 0 Å². The van der Waals surface area contributed by atoms with Gasteiger partial charge in [-0.3, -0.25) is 14.9 Å². The fourth-order valence-corrected chi connectivity index (χ4v) is 3.23. The molecule has 1 aromatic carbocycles. The summed E-state index contributed by atoms with van der Waals surface area (Å²) in [5.74, 6) is -0.235. The minimum Gasteiger partial charge on any atom is -0.468 e. The predicted molar refractivity (Wildman–Crippen MR) is 77.6 cm³/mol. The predicted octanol–water partition coefficient (Wildman–Crippen LogP) is 0.733. The van der Waals surface area contributed by atoms with Crippen LogP contribution in [0.4, 0.5) is 0 Å². The summed E-state index contributed by atoms with van der Waals surface area (Å²) in [6.07, 6.45) is 2.27. The van der Waals surface area contributed by atoms with Crippen molar-refractivity contribution in [1.29, 1.82) is 0 Å². The standard InChI is InChI=1S/C16H20N2O3/c1-18-14(19)12(10-11-6-4-3-5-7-11)17-13(15(20)21-2)16(18)8-9-16/h3-7,12-13,17H,8-10H2,1-2H3/t12-,13-/m0/s1. The topological polar surface area (TPSA) is 58.6 Å². The van der Waals surface area contributed by atoms with Crippen LogP contribution in [0, 0.1) is 0 Å². The van der Waals surface area contributed by atoms with Gasteiger partial charge in [-0.05, 0) is 24.8 Å². The second-order valence-electron chi connectivity index (χ2n) is 5.87. The number of hydrogen-bond donors (Lipinski definition) is 1. The van der Waals surface area contributed by atoms with Gasteiger partial charge in [-0.1, -0.05) is 30.3 Å². The molecule has 2 atom stereocenters. The van der Waals surface area contributed by atoms with Crippen molar-refractivity contribution in [2.75, 3.05) is 14.2 Å². The van der Waals surface area contributed by atoms with Crippen molar-refractivity contribution >= 4 is 11.9 Å². The van der Waals surface area contributed by atoms with Crippen LogP contribution in [0.2, 0.25) is 0 Å². The van der Waals surface area contributed by atoms with Crippen molar-refractivity contribution in [2.45, 2.75) is 36.9 Å². The SMILES string of the molecule is COC(=O)[C@@H]1N[C@@H](Cc2ccccc2)C(=O)N(C)C12CC2. The van der Waals surface area contributed by atoms with Crippen LogP contribution in [-0.2, 0) is 20.7 Å². The van der Waals surface area contributed by atoms with Crippen molar-refractivity contribution in [3.63, 3.8) is 0 Å². The van der Waals surface area contributed by atoms with Gasteiger partial charge < -0.3 is 9.64 Å². The maximum atomic E-state index is 12.6. The number of rotatable bonds is 3. The third kappa shape index (κ3) is 2.31. The maximum Gasteiger partial charge on any atom is 0.325 e. The lowest BCUT2D eigenvalue weighted by Crippen LogP contribution is -2.68. The number of benzene rings is 1. The van der Waals surface area contributed by atoms with E-state index in [-0.39, 0.29) is 23.5 Å². The average Bonchev–Trinajstić information content (AvgIpc) is 3.30. The molecule has 21 heavy (non-hydrogen) atoms. The summed E-state index contributed by atoms with van der Waals surface area (Å²) in [7, 11) is 3.19. The normalized spacial score (nSPS) is 26.8. The Morgan fingerprint density at radius 3 is 2.62 bits per heavy atom. The fourth-order valence-electron chi connectivity index (χ4n) is 3.23. The van der Waals surface area contributed by atoms with E-state index in [0.29, 0.717) is 6.42 Å². The summed E-state index contributed by atoms with van der Waals surface area (Å²) in [5.41, 5.74) is 0.698. The lowest BCUT2D eigenvalue weighted by atomic mass is 9.94. The van der Waals surface area contributed by atoms with Crippen LogP contribution in [-0.4, -0.2) is 48.6 Å². The van der Waals surface area contributed by atoms with Crippen LogP contribution >= 0.6 is 0 Å². The molecule has 1 N–H and O–H groups in total. The smallest absolute Gasteiger partial charge is 0.325 e. The van der Waals surface area contributed by atoms with Gasteiger partial charge in [0.25, 0.3) is 0 Å². The quantitative estimate of drug-likeness (QED) is 0.833. The van der Waals surface area contributed by atoms with Crippen molar-refractivity contribution in [3.05, 3.63) is 35.9 Å². The van der Waals surface area contributed by atoms with Crippen LogP contribution in [0.1, 0.15) is 18.4 Å². The van der Waals surface area contributed by atoms with Crippen molar-refractivity contribution in [2.24, 2.45) is 0 Å². The summed E-state index contributed by atoms with van der Waals surface area (Å²) in [4.78, 5) is 26.4. The highest BCUT2D eigenvalue weighted by molar-refractivity contribution is 5.89. The molecule has 1 aromatic rings. The van der Waals surface area contributed by atoms with Crippen LogP contribution in [0.25, 0.3) is 0 Å². The van der Waals surface area contributed by atoms with E-state index in [4.69, 9.17) is 4.74 Å². The molecule has 1 spiro atoms. The number of amides is 1. The van der Waals surface area contributed by atoms with Gasteiger partial charge in [0.2, 0.25) is 5.91 Å². The molecule has 5 nitrogen and oxygen atoms in total. The van der Waals surface area contributed by atoms with E-state index in [1.807, 2.05) is 30.3 Å².